The van der Waals surface area contributed by atoms with Gasteiger partial charge in [0.25, 0.3) is 11.8 Å². The number of phenols is 2. The minimum atomic E-state index is -0.553. The van der Waals surface area contributed by atoms with Crippen molar-refractivity contribution < 1.29 is 37.1 Å². The molecule has 0 aliphatic rings. The summed E-state index contributed by atoms with van der Waals surface area (Å²) in [6.07, 6.45) is 0. The van der Waals surface area contributed by atoms with Gasteiger partial charge in [-0.05, 0) is 50.2 Å². The maximum absolute atomic E-state index is 12.2. The molecule has 0 aliphatic carbocycles. The van der Waals surface area contributed by atoms with E-state index in [1.807, 2.05) is 0 Å². The van der Waals surface area contributed by atoms with Crippen LogP contribution in [0.25, 0.3) is 0 Å². The Labute approximate surface area is 210 Å². The van der Waals surface area contributed by atoms with Crippen molar-refractivity contribution in [1.82, 2.24) is 15.8 Å². The van der Waals surface area contributed by atoms with E-state index < -0.39 is 11.8 Å². The molecule has 170 valence electrons. The van der Waals surface area contributed by atoms with Crippen LogP contribution in [0.3, 0.4) is 0 Å². The number of para-hydroxylation sites is 2. The van der Waals surface area contributed by atoms with Gasteiger partial charge in [0, 0.05) is 0 Å². The number of halogens is 1. The molecular weight excluding hydrogens is 511 g/mol. The predicted molar refractivity (Wildman–Crippen MR) is 126 cm³/mol. The van der Waals surface area contributed by atoms with Crippen molar-refractivity contribution in [1.29, 1.82) is 0 Å². The van der Waals surface area contributed by atoms with E-state index in [1.54, 1.807) is 56.3 Å². The van der Waals surface area contributed by atoms with Crippen LogP contribution in [0.4, 0.5) is 0 Å². The summed E-state index contributed by atoms with van der Waals surface area (Å²) in [4.78, 5) is 28.8. The van der Waals surface area contributed by atoms with Gasteiger partial charge in [0.05, 0.1) is 33.9 Å². The molecule has 1 heterocycles. The van der Waals surface area contributed by atoms with Crippen LogP contribution in [0, 0.1) is 0 Å². The molecule has 0 unspecified atom stereocenters. The zero-order valence-corrected chi connectivity index (χ0v) is 22.2. The second-order valence-electron chi connectivity index (χ2n) is 6.72. The monoisotopic (exact) mass is 530 g/mol. The Hall–Kier alpha value is -3.62. The van der Waals surface area contributed by atoms with Gasteiger partial charge in [0.15, 0.2) is 0 Å². The molecule has 0 aliphatic heterocycles. The SMILES string of the molecule is CC(=NNC(=O)c1ccccc1O)c1cccc(C(C)=NNC(=O)c2ccccc2O)n1.[Cl][Zn+]. The van der Waals surface area contributed by atoms with Crippen molar-refractivity contribution in [2.45, 2.75) is 13.8 Å². The third-order valence-electron chi connectivity index (χ3n) is 4.44. The summed E-state index contributed by atoms with van der Waals surface area (Å²) in [5.41, 5.74) is 6.83. The first-order chi connectivity index (χ1) is 16.4. The van der Waals surface area contributed by atoms with Crippen molar-refractivity contribution in [3.63, 3.8) is 0 Å². The number of aromatic hydroxyl groups is 2. The Morgan fingerprint density at radius 3 is 1.50 bits per heavy atom. The molecule has 9 nitrogen and oxygen atoms in total. The second-order valence-corrected chi connectivity index (χ2v) is 6.72. The number of hydrogen-bond donors (Lipinski definition) is 4. The number of hydrazone groups is 2. The average molecular weight is 532 g/mol. The summed E-state index contributed by atoms with van der Waals surface area (Å²) in [6.45, 7) is 3.34. The van der Waals surface area contributed by atoms with E-state index in [9.17, 15) is 19.8 Å². The molecule has 0 atom stereocenters. The van der Waals surface area contributed by atoms with Crippen molar-refractivity contribution in [2.75, 3.05) is 0 Å². The zero-order chi connectivity index (χ0) is 25.1. The summed E-state index contributed by atoms with van der Waals surface area (Å²) < 4.78 is 0. The van der Waals surface area contributed by atoms with Crippen LogP contribution in [0.1, 0.15) is 46.0 Å². The van der Waals surface area contributed by atoms with Crippen molar-refractivity contribution in [3.8, 4) is 11.5 Å². The number of phenolic OH excluding ortho intramolecular Hbond substituents is 2. The molecule has 3 rings (SSSR count). The van der Waals surface area contributed by atoms with Crippen LogP contribution in [0.15, 0.2) is 76.9 Å². The molecule has 0 bridgehead atoms. The van der Waals surface area contributed by atoms with E-state index >= 15 is 0 Å². The topological polar surface area (TPSA) is 136 Å². The van der Waals surface area contributed by atoms with E-state index in [0.717, 1.165) is 17.3 Å². The third kappa shape index (κ3) is 7.20. The van der Waals surface area contributed by atoms with Gasteiger partial charge in [-0.2, -0.15) is 10.2 Å². The van der Waals surface area contributed by atoms with Crippen LogP contribution < -0.4 is 10.9 Å². The van der Waals surface area contributed by atoms with Crippen molar-refractivity contribution in [3.05, 3.63) is 89.2 Å². The summed E-state index contributed by atoms with van der Waals surface area (Å²) in [7, 11) is 4.76. The van der Waals surface area contributed by atoms with Crippen molar-refractivity contribution >= 4 is 32.9 Å². The molecule has 34 heavy (non-hydrogen) atoms. The molecule has 0 saturated carbocycles. The van der Waals surface area contributed by atoms with E-state index in [4.69, 9.17) is 9.69 Å². The van der Waals surface area contributed by atoms with Crippen LogP contribution in [0.2, 0.25) is 0 Å². The number of amides is 2. The number of pyridine rings is 1. The van der Waals surface area contributed by atoms with Gasteiger partial charge in [-0.1, -0.05) is 30.3 Å². The Kier molecular flexibility index (Phi) is 10.3. The maximum atomic E-state index is 12.2. The first kappa shape index (κ1) is 26.6. The predicted octanol–water partition coefficient (Wildman–Crippen LogP) is 3.49. The van der Waals surface area contributed by atoms with Gasteiger partial charge < -0.3 is 10.2 Å². The van der Waals surface area contributed by atoms with Gasteiger partial charge in [-0.3, -0.25) is 9.59 Å². The van der Waals surface area contributed by atoms with Crippen LogP contribution in [-0.2, 0) is 17.3 Å². The molecular formula is C23H21ClN5O4Zn+. The molecule has 2 amide bonds. The number of nitrogens with zero attached hydrogens (tertiary/aromatic N) is 3. The first-order valence-electron chi connectivity index (χ1n) is 9.86. The number of rotatable bonds is 6. The Balaban J connectivity index is 0.00000199. The molecule has 1 aromatic heterocycles. The first-order valence-corrected chi connectivity index (χ1v) is 13.8. The van der Waals surface area contributed by atoms with Gasteiger partial charge in [-0.25, -0.2) is 15.8 Å². The minimum absolute atomic E-state index is 0.105. The van der Waals surface area contributed by atoms with Gasteiger partial charge in [0.1, 0.15) is 11.5 Å². The summed E-state index contributed by atoms with van der Waals surface area (Å²) >= 11 is 0.847. The summed E-state index contributed by atoms with van der Waals surface area (Å²) in [5, 5.41) is 27.6. The van der Waals surface area contributed by atoms with E-state index in [2.05, 4.69) is 26.0 Å². The fourth-order valence-electron chi connectivity index (χ4n) is 2.67. The van der Waals surface area contributed by atoms with Crippen molar-refractivity contribution in [2.24, 2.45) is 10.2 Å². The average Bonchev–Trinajstić information content (AvgIpc) is 2.87. The molecule has 2 aromatic carbocycles. The number of nitrogens with one attached hydrogen (secondary N) is 2. The zero-order valence-electron chi connectivity index (χ0n) is 18.5. The molecule has 0 saturated heterocycles. The molecule has 4 N–H and O–H groups in total. The Morgan fingerprint density at radius 1 is 0.735 bits per heavy atom. The molecule has 0 radical (unpaired) electrons. The summed E-state index contributed by atoms with van der Waals surface area (Å²) in [6, 6.07) is 17.5. The third-order valence-corrected chi connectivity index (χ3v) is 4.44. The molecule has 3 aromatic rings. The van der Waals surface area contributed by atoms with E-state index in [1.165, 1.54) is 24.3 Å². The Bertz CT molecular complexity index is 1140. The molecule has 11 heteroatoms. The summed E-state index contributed by atoms with van der Waals surface area (Å²) in [5.74, 6) is -1.39. The molecule has 0 fully saturated rings. The van der Waals surface area contributed by atoms with Gasteiger partial charge in [0.2, 0.25) is 0 Å². The van der Waals surface area contributed by atoms with Gasteiger partial charge >= 0.3 is 27.0 Å². The Morgan fingerprint density at radius 2 is 1.12 bits per heavy atom. The van der Waals surface area contributed by atoms with E-state index in [-0.39, 0.29) is 22.6 Å². The van der Waals surface area contributed by atoms with Crippen LogP contribution in [0.5, 0.6) is 11.5 Å². The fraction of sp³-hybridized carbons (Fsp3) is 0.0870. The number of benzene rings is 2. The van der Waals surface area contributed by atoms with Crippen LogP contribution in [-0.4, -0.2) is 38.4 Å². The van der Waals surface area contributed by atoms with Gasteiger partial charge in [-0.15, -0.1) is 0 Å². The quantitative estimate of drug-likeness (QED) is 0.219. The van der Waals surface area contributed by atoms with E-state index in [0.29, 0.717) is 22.8 Å². The van der Waals surface area contributed by atoms with Crippen LogP contribution >= 0.6 is 9.69 Å². The fourth-order valence-corrected chi connectivity index (χ4v) is 2.67. The number of aromatic nitrogens is 1. The number of carbonyl (C=O) groups excluding carboxylic acids is 2. The second kappa shape index (κ2) is 13.2. The standard InChI is InChI=1S/C23H21N5O4.ClH.Zn/c1-14(25-27-22(31)16-8-3-5-12-20(16)29)18-10-7-11-19(24-18)15(2)26-28-23(32)17-9-4-6-13-21(17)30;;/h3-13,29-30H,1-2H3,(H,27,31)(H,28,32);1H;/q;;+2/p-1. The number of hydrogen-bond acceptors (Lipinski definition) is 7. The normalized spacial score (nSPS) is 11.2. The number of carbonyl (C=O) groups is 2. The molecule has 0 spiro atoms.